The van der Waals surface area contributed by atoms with Gasteiger partial charge in [0.2, 0.25) is 0 Å². The number of carbonyl (C=O) groups excluding carboxylic acids is 2. The Morgan fingerprint density at radius 1 is 1.23 bits per heavy atom. The van der Waals surface area contributed by atoms with Gasteiger partial charge in [-0.15, -0.1) is 0 Å². The molecule has 2 N–H and O–H groups in total. The highest BCUT2D eigenvalue weighted by Crippen LogP contribution is 2.40. The monoisotopic (exact) mass is 426 g/mol. The molecular weight excluding hydrogens is 400 g/mol. The van der Waals surface area contributed by atoms with Crippen molar-refractivity contribution in [2.24, 2.45) is 5.92 Å². The Hall–Kier alpha value is -3.22. The number of rotatable bonds is 3. The molecule has 2 atom stereocenters. The smallest absolute Gasteiger partial charge is 0.373 e. The zero-order valence-corrected chi connectivity index (χ0v) is 17.8. The number of anilines is 1. The first kappa shape index (κ1) is 22.5. The van der Waals surface area contributed by atoms with Crippen LogP contribution in [-0.4, -0.2) is 46.1 Å². The molecule has 0 saturated carbocycles. The number of pyridine rings is 1. The molecule has 4 rings (SSSR count). The summed E-state index contributed by atoms with van der Waals surface area (Å²) in [6, 6.07) is 5.84. The van der Waals surface area contributed by atoms with E-state index in [0.717, 1.165) is 41.9 Å². The summed E-state index contributed by atoms with van der Waals surface area (Å²) in [5, 5.41) is 19.3. The molecule has 2 aliphatic rings. The predicted octanol–water partition coefficient (Wildman–Crippen LogP) is 2.26. The zero-order chi connectivity index (χ0) is 22.9. The van der Waals surface area contributed by atoms with Gasteiger partial charge < -0.3 is 19.7 Å². The van der Waals surface area contributed by atoms with Crippen LogP contribution in [0.1, 0.15) is 47.8 Å². The summed E-state index contributed by atoms with van der Waals surface area (Å²) in [6.45, 7) is 7.76. The number of carboxylic acid groups (broad SMARTS) is 1. The van der Waals surface area contributed by atoms with Crippen molar-refractivity contribution >= 4 is 17.8 Å². The lowest BCUT2D eigenvalue weighted by molar-refractivity contribution is -0.191. The number of aromatic nitrogens is 1. The highest BCUT2D eigenvalue weighted by molar-refractivity contribution is 5.88. The third-order valence-corrected chi connectivity index (χ3v) is 6.07. The minimum absolute atomic E-state index is 0.0842. The number of aromatic carboxylic acids is 1. The van der Waals surface area contributed by atoms with Crippen LogP contribution in [0.15, 0.2) is 29.2 Å². The summed E-state index contributed by atoms with van der Waals surface area (Å²) in [4.78, 5) is 42.3. The molecule has 2 aromatic rings. The Morgan fingerprint density at radius 2 is 1.90 bits per heavy atom. The van der Waals surface area contributed by atoms with Crippen LogP contribution in [0, 0.1) is 12.8 Å². The molecule has 1 fully saturated rings. The fraction of sp³-hybridized carbons (Fsp3) is 0.435. The maximum absolute atomic E-state index is 12.4. The average Bonchev–Trinajstić information content (AvgIpc) is 3.13. The second kappa shape index (κ2) is 8.88. The molecular formula is C23H26N2O6. The first-order valence-corrected chi connectivity index (χ1v) is 10.2. The van der Waals surface area contributed by atoms with Gasteiger partial charge in [-0.25, -0.2) is 4.79 Å². The van der Waals surface area contributed by atoms with Crippen molar-refractivity contribution < 1.29 is 24.6 Å². The summed E-state index contributed by atoms with van der Waals surface area (Å²) in [5.41, 5.74) is 4.53. The largest absolute Gasteiger partial charge is 0.477 e. The molecule has 164 valence electrons. The van der Waals surface area contributed by atoms with Crippen LogP contribution >= 0.6 is 0 Å². The minimum atomic E-state index is -1.19. The Balaban J connectivity index is 0.000000858. The van der Waals surface area contributed by atoms with Crippen LogP contribution in [-0.2, 0) is 16.0 Å². The number of carboxylic acids is 1. The van der Waals surface area contributed by atoms with Crippen LogP contribution in [0.3, 0.4) is 0 Å². The summed E-state index contributed by atoms with van der Waals surface area (Å²) in [5.74, 6) is -0.901. The van der Waals surface area contributed by atoms with E-state index in [-0.39, 0.29) is 29.8 Å². The predicted molar refractivity (Wildman–Crippen MR) is 113 cm³/mol. The van der Waals surface area contributed by atoms with Crippen molar-refractivity contribution in [2.75, 3.05) is 18.0 Å². The summed E-state index contributed by atoms with van der Waals surface area (Å²) in [6.07, 6.45) is 3.04. The number of hydrogen-bond donors (Lipinski definition) is 2. The first-order chi connectivity index (χ1) is 14.7. The molecule has 0 bridgehead atoms. The van der Waals surface area contributed by atoms with Crippen molar-refractivity contribution in [1.82, 2.24) is 4.57 Å². The van der Waals surface area contributed by atoms with Gasteiger partial charge in [-0.1, -0.05) is 13.8 Å². The molecule has 1 aromatic heterocycles. The Labute approximate surface area is 179 Å². The molecule has 8 heteroatoms. The second-order valence-corrected chi connectivity index (χ2v) is 8.43. The van der Waals surface area contributed by atoms with Crippen LogP contribution in [0.2, 0.25) is 0 Å². The number of benzene rings is 1. The average molecular weight is 426 g/mol. The molecule has 1 saturated heterocycles. The van der Waals surface area contributed by atoms with E-state index in [1.807, 2.05) is 11.5 Å². The molecule has 2 aliphatic heterocycles. The van der Waals surface area contributed by atoms with Crippen LogP contribution < -0.4 is 10.3 Å². The Kier molecular flexibility index (Phi) is 6.43. The van der Waals surface area contributed by atoms with Crippen molar-refractivity contribution in [3.05, 3.63) is 51.3 Å². The maximum Gasteiger partial charge on any atom is 0.373 e. The Morgan fingerprint density at radius 3 is 2.45 bits per heavy atom. The lowest BCUT2D eigenvalue weighted by atomic mass is 9.86. The van der Waals surface area contributed by atoms with Gasteiger partial charge in [0.05, 0.1) is 11.8 Å². The number of fused-ring (bicyclic) bond motifs is 3. The van der Waals surface area contributed by atoms with E-state index < -0.39 is 11.4 Å². The second-order valence-electron chi connectivity index (χ2n) is 8.43. The van der Waals surface area contributed by atoms with Crippen molar-refractivity contribution in [1.29, 1.82) is 0 Å². The van der Waals surface area contributed by atoms with Gasteiger partial charge in [0.25, 0.3) is 0 Å². The van der Waals surface area contributed by atoms with E-state index in [2.05, 4.69) is 30.9 Å². The molecule has 1 aromatic carbocycles. The molecule has 0 radical (unpaired) electrons. The number of carbonyl (C=O) groups is 1. The standard InChI is InChI=1S/C22H26N2O4.CO2/c1-12(2)18-7-14-8-19(23-5-4-15(25)10-23)13(3)6-16(14)20-9-21(26)17(22(27)28)11-24(18)20;2-1-3/h6,8-9,11-12,15,18,25H,4-5,7,10H2,1-3H3,(H,27,28);/t15-,18?;/m0./s1. The number of β-amino-alcohol motifs (C(OH)–C–C–N with tert-alkyl or cyclic N) is 1. The normalized spacial score (nSPS) is 19.2. The van der Waals surface area contributed by atoms with Crippen LogP contribution in [0.5, 0.6) is 0 Å². The van der Waals surface area contributed by atoms with Crippen molar-refractivity contribution in [3.8, 4) is 11.3 Å². The number of aliphatic hydroxyl groups excluding tert-OH is 1. The van der Waals surface area contributed by atoms with Gasteiger partial charge in [-0.05, 0) is 48.9 Å². The molecule has 1 unspecified atom stereocenters. The highest BCUT2D eigenvalue weighted by atomic mass is 16.4. The number of hydrogen-bond acceptors (Lipinski definition) is 6. The third-order valence-electron chi connectivity index (χ3n) is 6.07. The zero-order valence-electron chi connectivity index (χ0n) is 17.8. The van der Waals surface area contributed by atoms with Gasteiger partial charge in [0.15, 0.2) is 5.43 Å². The third kappa shape index (κ3) is 4.31. The molecule has 0 amide bonds. The van der Waals surface area contributed by atoms with Crippen molar-refractivity contribution in [3.63, 3.8) is 0 Å². The molecule has 0 aliphatic carbocycles. The molecule has 31 heavy (non-hydrogen) atoms. The fourth-order valence-corrected chi connectivity index (χ4v) is 4.53. The number of aliphatic hydroxyl groups is 1. The van der Waals surface area contributed by atoms with Gasteiger partial charge in [-0.3, -0.25) is 4.79 Å². The van der Waals surface area contributed by atoms with E-state index in [4.69, 9.17) is 9.59 Å². The minimum Gasteiger partial charge on any atom is -0.477 e. The van der Waals surface area contributed by atoms with E-state index in [1.54, 1.807) is 0 Å². The van der Waals surface area contributed by atoms with Crippen LogP contribution in [0.25, 0.3) is 11.3 Å². The van der Waals surface area contributed by atoms with E-state index >= 15 is 0 Å². The van der Waals surface area contributed by atoms with Gasteiger partial charge in [0.1, 0.15) is 5.56 Å². The van der Waals surface area contributed by atoms with E-state index in [9.17, 15) is 19.8 Å². The number of nitrogens with zero attached hydrogens (tertiary/aromatic N) is 2. The summed E-state index contributed by atoms with van der Waals surface area (Å²) in [7, 11) is 0. The topological polar surface area (TPSA) is 117 Å². The lowest BCUT2D eigenvalue weighted by Crippen LogP contribution is -2.29. The summed E-state index contributed by atoms with van der Waals surface area (Å²) >= 11 is 0. The van der Waals surface area contributed by atoms with Gasteiger partial charge >= 0.3 is 12.1 Å². The molecule has 8 nitrogen and oxygen atoms in total. The van der Waals surface area contributed by atoms with Gasteiger partial charge in [0, 0.05) is 42.6 Å². The highest BCUT2D eigenvalue weighted by Gasteiger charge is 2.30. The lowest BCUT2D eigenvalue weighted by Gasteiger charge is -2.34. The van der Waals surface area contributed by atoms with Crippen LogP contribution in [0.4, 0.5) is 5.69 Å². The SMILES string of the molecule is Cc1cc2c(cc1N1CC[C@H](O)C1)CC(C(C)C)n1cc(C(=O)O)c(=O)cc1-2.O=C=O. The molecule has 3 heterocycles. The Bertz CT molecular complexity index is 1100. The van der Waals surface area contributed by atoms with Crippen molar-refractivity contribution in [2.45, 2.75) is 45.8 Å². The fourth-order valence-electron chi connectivity index (χ4n) is 4.53. The van der Waals surface area contributed by atoms with E-state index in [0.29, 0.717) is 6.54 Å². The number of aryl methyl sites for hydroxylation is 1. The maximum atomic E-state index is 12.4. The molecule has 0 spiro atoms. The quantitative estimate of drug-likeness (QED) is 0.773. The van der Waals surface area contributed by atoms with Gasteiger partial charge in [-0.2, -0.15) is 9.59 Å². The summed E-state index contributed by atoms with van der Waals surface area (Å²) < 4.78 is 1.97. The first-order valence-electron chi connectivity index (χ1n) is 10.2. The van der Waals surface area contributed by atoms with E-state index in [1.165, 1.54) is 17.8 Å².